The van der Waals surface area contributed by atoms with Gasteiger partial charge in [0.05, 0.1) is 13.2 Å². The van der Waals surface area contributed by atoms with Gasteiger partial charge in [-0.1, -0.05) is 12.2 Å². The highest BCUT2D eigenvalue weighted by atomic mass is 16.5. The first kappa shape index (κ1) is 13.8. The van der Waals surface area contributed by atoms with Crippen molar-refractivity contribution in [2.75, 3.05) is 18.5 Å². The highest BCUT2D eigenvalue weighted by Gasteiger charge is 2.39. The topological polar surface area (TPSA) is 47.6 Å². The lowest BCUT2D eigenvalue weighted by atomic mass is 9.93. The normalized spacial score (nSPS) is 32.4. The number of benzene rings is 1. The van der Waals surface area contributed by atoms with Crippen LogP contribution in [0.25, 0.3) is 0 Å². The van der Waals surface area contributed by atoms with Crippen LogP contribution in [0.4, 0.5) is 5.69 Å². The molecule has 1 heterocycles. The fourth-order valence-electron chi connectivity index (χ4n) is 3.73. The van der Waals surface area contributed by atoms with Crippen LogP contribution in [0.3, 0.4) is 0 Å². The molecule has 1 aromatic carbocycles. The highest BCUT2D eigenvalue weighted by Crippen LogP contribution is 2.43. The van der Waals surface area contributed by atoms with Crippen LogP contribution >= 0.6 is 0 Å². The minimum Gasteiger partial charge on any atom is -0.488 e. The number of fused-ring (bicyclic) bond motifs is 2. The second kappa shape index (κ2) is 5.76. The summed E-state index contributed by atoms with van der Waals surface area (Å²) in [5.41, 5.74) is 0.840. The molecule has 0 aromatic heterocycles. The van der Waals surface area contributed by atoms with Gasteiger partial charge < -0.3 is 14.8 Å². The van der Waals surface area contributed by atoms with Crippen LogP contribution < -0.4 is 10.1 Å². The van der Waals surface area contributed by atoms with Gasteiger partial charge in [-0.3, -0.25) is 4.79 Å². The summed E-state index contributed by atoms with van der Waals surface area (Å²) in [6.07, 6.45) is 7.70. The molecular weight excluding hydrogens is 278 g/mol. The van der Waals surface area contributed by atoms with Gasteiger partial charge in [0.1, 0.15) is 11.9 Å². The second-order valence-electron chi connectivity index (χ2n) is 6.50. The molecular formula is C18H21NO3. The van der Waals surface area contributed by atoms with Crippen molar-refractivity contribution >= 4 is 11.6 Å². The Balaban J connectivity index is 1.34. The molecule has 4 rings (SSSR count). The summed E-state index contributed by atoms with van der Waals surface area (Å²) in [4.78, 5) is 12.4. The number of amides is 1. The number of hydrogen-bond acceptors (Lipinski definition) is 3. The van der Waals surface area contributed by atoms with Crippen molar-refractivity contribution in [3.63, 3.8) is 0 Å². The Hall–Kier alpha value is -1.81. The van der Waals surface area contributed by atoms with Gasteiger partial charge in [-0.15, -0.1) is 0 Å². The smallest absolute Gasteiger partial charge is 0.228 e. The summed E-state index contributed by atoms with van der Waals surface area (Å²) in [6.45, 7) is 1.44. The number of carbonyl (C=O) groups is 1. The van der Waals surface area contributed by atoms with Crippen molar-refractivity contribution in [1.29, 1.82) is 0 Å². The van der Waals surface area contributed by atoms with E-state index in [4.69, 9.17) is 9.47 Å². The first-order valence-corrected chi connectivity index (χ1v) is 8.11. The third kappa shape index (κ3) is 2.75. The number of ether oxygens (including phenoxy) is 2. The molecule has 4 nitrogen and oxygen atoms in total. The van der Waals surface area contributed by atoms with Crippen molar-refractivity contribution in [3.05, 3.63) is 36.4 Å². The van der Waals surface area contributed by atoms with Crippen LogP contribution in [0.1, 0.15) is 19.3 Å². The van der Waals surface area contributed by atoms with E-state index in [1.807, 2.05) is 24.3 Å². The predicted molar refractivity (Wildman–Crippen MR) is 83.8 cm³/mol. The predicted octanol–water partition coefficient (Wildman–Crippen LogP) is 3.01. The van der Waals surface area contributed by atoms with Crippen LogP contribution in [0.2, 0.25) is 0 Å². The Morgan fingerprint density at radius 2 is 2.05 bits per heavy atom. The van der Waals surface area contributed by atoms with Gasteiger partial charge in [-0.2, -0.15) is 0 Å². The molecule has 4 atom stereocenters. The van der Waals surface area contributed by atoms with Crippen molar-refractivity contribution < 1.29 is 14.3 Å². The largest absolute Gasteiger partial charge is 0.488 e. The Bertz CT molecular complexity index is 574. The molecule has 2 aliphatic carbocycles. The molecule has 1 amide bonds. The summed E-state index contributed by atoms with van der Waals surface area (Å²) in [5.74, 6) is 2.17. The Labute approximate surface area is 130 Å². The Morgan fingerprint density at radius 3 is 2.68 bits per heavy atom. The van der Waals surface area contributed by atoms with Crippen molar-refractivity contribution in [1.82, 2.24) is 0 Å². The molecule has 1 saturated carbocycles. The molecule has 2 fully saturated rings. The second-order valence-corrected chi connectivity index (χ2v) is 6.50. The van der Waals surface area contributed by atoms with Gasteiger partial charge >= 0.3 is 0 Å². The van der Waals surface area contributed by atoms with E-state index in [1.54, 1.807) is 0 Å². The van der Waals surface area contributed by atoms with E-state index in [-0.39, 0.29) is 17.9 Å². The third-order valence-electron chi connectivity index (χ3n) is 4.93. The van der Waals surface area contributed by atoms with Gasteiger partial charge in [0.25, 0.3) is 0 Å². The quantitative estimate of drug-likeness (QED) is 0.869. The van der Waals surface area contributed by atoms with Gasteiger partial charge in [0.2, 0.25) is 5.91 Å². The maximum Gasteiger partial charge on any atom is 0.228 e. The molecule has 1 N–H and O–H groups in total. The fourth-order valence-corrected chi connectivity index (χ4v) is 3.73. The molecule has 1 aliphatic heterocycles. The third-order valence-corrected chi connectivity index (χ3v) is 4.93. The number of carbonyl (C=O) groups excluding carboxylic acids is 1. The summed E-state index contributed by atoms with van der Waals surface area (Å²) < 4.78 is 11.1. The molecule has 1 aromatic rings. The Kier molecular flexibility index (Phi) is 3.62. The molecule has 0 spiro atoms. The number of anilines is 1. The number of nitrogens with one attached hydrogen (secondary N) is 1. The van der Waals surface area contributed by atoms with E-state index in [1.165, 1.54) is 0 Å². The molecule has 2 bridgehead atoms. The van der Waals surface area contributed by atoms with E-state index < -0.39 is 0 Å². The zero-order valence-corrected chi connectivity index (χ0v) is 12.5. The maximum absolute atomic E-state index is 12.4. The van der Waals surface area contributed by atoms with E-state index in [9.17, 15) is 4.79 Å². The zero-order valence-electron chi connectivity index (χ0n) is 12.5. The number of hydrogen-bond donors (Lipinski definition) is 1. The van der Waals surface area contributed by atoms with Crippen LogP contribution in [-0.2, 0) is 9.53 Å². The highest BCUT2D eigenvalue weighted by molar-refractivity contribution is 5.93. The minimum absolute atomic E-state index is 0.140. The van der Waals surface area contributed by atoms with Crippen molar-refractivity contribution in [3.8, 4) is 5.75 Å². The molecule has 116 valence electrons. The van der Waals surface area contributed by atoms with Crippen LogP contribution in [-0.4, -0.2) is 25.2 Å². The zero-order chi connectivity index (χ0) is 14.9. The maximum atomic E-state index is 12.4. The molecule has 3 aliphatic rings. The van der Waals surface area contributed by atoms with Gasteiger partial charge in [0, 0.05) is 18.0 Å². The lowest BCUT2D eigenvalue weighted by Gasteiger charge is -2.18. The van der Waals surface area contributed by atoms with E-state index in [0.29, 0.717) is 18.4 Å². The average molecular weight is 299 g/mol. The van der Waals surface area contributed by atoms with E-state index in [2.05, 4.69) is 17.5 Å². The standard InChI is InChI=1S/C18H21NO3/c20-18(17-10-12-1-2-13(17)9-12)19-14-3-5-15(6-4-14)22-16-7-8-21-11-16/h1-6,12-13,16-17H,7-11H2,(H,19,20). The molecule has 22 heavy (non-hydrogen) atoms. The fraction of sp³-hybridized carbons (Fsp3) is 0.500. The first-order valence-electron chi connectivity index (χ1n) is 8.11. The van der Waals surface area contributed by atoms with Gasteiger partial charge in [-0.25, -0.2) is 0 Å². The number of rotatable bonds is 4. The van der Waals surface area contributed by atoms with Gasteiger partial charge in [0.15, 0.2) is 0 Å². The molecule has 1 saturated heterocycles. The summed E-state index contributed by atoms with van der Waals surface area (Å²) in [6, 6.07) is 7.64. The van der Waals surface area contributed by atoms with Crippen molar-refractivity contribution in [2.45, 2.75) is 25.4 Å². The molecule has 4 heteroatoms. The average Bonchev–Trinajstić information content (AvgIpc) is 3.26. The molecule has 4 unspecified atom stereocenters. The first-order chi connectivity index (χ1) is 10.8. The lowest BCUT2D eigenvalue weighted by Crippen LogP contribution is -2.25. The van der Waals surface area contributed by atoms with Crippen LogP contribution in [0.5, 0.6) is 5.75 Å². The van der Waals surface area contributed by atoms with E-state index in [0.717, 1.165) is 37.3 Å². The molecule has 0 radical (unpaired) electrons. The SMILES string of the molecule is O=C(Nc1ccc(OC2CCOC2)cc1)C1CC2C=CC1C2. The van der Waals surface area contributed by atoms with Gasteiger partial charge in [-0.05, 0) is 48.9 Å². The summed E-state index contributed by atoms with van der Waals surface area (Å²) >= 11 is 0. The van der Waals surface area contributed by atoms with Crippen LogP contribution in [0, 0.1) is 17.8 Å². The van der Waals surface area contributed by atoms with Crippen LogP contribution in [0.15, 0.2) is 36.4 Å². The summed E-state index contributed by atoms with van der Waals surface area (Å²) in [7, 11) is 0. The van der Waals surface area contributed by atoms with Crippen molar-refractivity contribution in [2.24, 2.45) is 17.8 Å². The lowest BCUT2D eigenvalue weighted by molar-refractivity contribution is -0.120. The number of allylic oxidation sites excluding steroid dienone is 2. The minimum atomic E-state index is 0.140. The van der Waals surface area contributed by atoms with E-state index >= 15 is 0 Å². The monoisotopic (exact) mass is 299 g/mol. The summed E-state index contributed by atoms with van der Waals surface area (Å²) in [5, 5.41) is 3.04. The Morgan fingerprint density at radius 1 is 1.18 bits per heavy atom.